The van der Waals surface area contributed by atoms with E-state index in [4.69, 9.17) is 32.4 Å². The zero-order valence-electron chi connectivity index (χ0n) is 13.1. The predicted octanol–water partition coefficient (Wildman–Crippen LogP) is 5.24. The van der Waals surface area contributed by atoms with Crippen molar-refractivity contribution in [3.63, 3.8) is 0 Å². The number of fused-ring (bicyclic) bond motifs is 1. The molecule has 24 heavy (non-hydrogen) atoms. The molecule has 4 nitrogen and oxygen atoms in total. The maximum Gasteiger partial charge on any atom is 0.253 e. The predicted molar refractivity (Wildman–Crippen MR) is 95.1 cm³/mol. The summed E-state index contributed by atoms with van der Waals surface area (Å²) in [5.74, 6) is 0.988. The molecule has 0 aliphatic rings. The van der Waals surface area contributed by atoms with Gasteiger partial charge < -0.3 is 14.5 Å². The SMILES string of the molecule is COc1cccc2cc(C(C)NC(=O)c3ccc(Cl)cc3Cl)oc12. The lowest BCUT2D eigenvalue weighted by Gasteiger charge is -2.12. The number of methoxy groups -OCH3 is 1. The van der Waals surface area contributed by atoms with Crippen molar-refractivity contribution in [3.8, 4) is 5.75 Å². The number of nitrogens with one attached hydrogen (secondary N) is 1. The number of carbonyl (C=O) groups is 1. The number of carbonyl (C=O) groups excluding carboxylic acids is 1. The number of benzene rings is 2. The van der Waals surface area contributed by atoms with Gasteiger partial charge >= 0.3 is 0 Å². The van der Waals surface area contributed by atoms with E-state index in [1.807, 2.05) is 31.2 Å². The normalized spacial score (nSPS) is 12.2. The van der Waals surface area contributed by atoms with E-state index in [0.29, 0.717) is 32.7 Å². The highest BCUT2D eigenvalue weighted by molar-refractivity contribution is 6.36. The highest BCUT2D eigenvalue weighted by atomic mass is 35.5. The number of para-hydroxylation sites is 1. The molecule has 6 heteroatoms. The number of amides is 1. The van der Waals surface area contributed by atoms with Crippen molar-refractivity contribution >= 4 is 40.1 Å². The van der Waals surface area contributed by atoms with Crippen LogP contribution in [0.2, 0.25) is 10.0 Å². The molecule has 2 aromatic carbocycles. The van der Waals surface area contributed by atoms with Gasteiger partial charge in [-0.3, -0.25) is 4.79 Å². The summed E-state index contributed by atoms with van der Waals surface area (Å²) in [5, 5.41) is 4.57. The average Bonchev–Trinajstić information content (AvgIpc) is 2.98. The van der Waals surface area contributed by atoms with Crippen LogP contribution < -0.4 is 10.1 Å². The Bertz CT molecular complexity index is 904. The third-order valence-corrected chi connectivity index (χ3v) is 4.24. The largest absolute Gasteiger partial charge is 0.493 e. The Kier molecular flexibility index (Phi) is 4.69. The molecule has 0 aliphatic heterocycles. The van der Waals surface area contributed by atoms with E-state index in [1.54, 1.807) is 19.2 Å². The molecule has 0 bridgehead atoms. The molecule has 124 valence electrons. The summed E-state index contributed by atoms with van der Waals surface area (Å²) in [5.41, 5.74) is 1.02. The molecule has 1 aromatic heterocycles. The quantitative estimate of drug-likeness (QED) is 0.689. The van der Waals surface area contributed by atoms with E-state index < -0.39 is 0 Å². The zero-order valence-corrected chi connectivity index (χ0v) is 14.6. The van der Waals surface area contributed by atoms with Crippen molar-refractivity contribution in [2.24, 2.45) is 0 Å². The van der Waals surface area contributed by atoms with Crippen LogP contribution in [-0.2, 0) is 0 Å². The molecule has 0 saturated carbocycles. The third kappa shape index (κ3) is 3.21. The number of halogens is 2. The van der Waals surface area contributed by atoms with Crippen molar-refractivity contribution in [2.75, 3.05) is 7.11 Å². The van der Waals surface area contributed by atoms with Gasteiger partial charge in [0, 0.05) is 10.4 Å². The van der Waals surface area contributed by atoms with Gasteiger partial charge in [-0.25, -0.2) is 0 Å². The molecule has 3 rings (SSSR count). The second-order valence-corrected chi connectivity index (χ2v) is 6.19. The second-order valence-electron chi connectivity index (χ2n) is 5.35. The van der Waals surface area contributed by atoms with Crippen LogP contribution in [0.1, 0.15) is 29.1 Å². The molecule has 0 spiro atoms. The van der Waals surface area contributed by atoms with Crippen LogP contribution in [0.25, 0.3) is 11.0 Å². The smallest absolute Gasteiger partial charge is 0.253 e. The van der Waals surface area contributed by atoms with E-state index >= 15 is 0 Å². The maximum absolute atomic E-state index is 12.4. The average molecular weight is 364 g/mol. The molecule has 0 aliphatic carbocycles. The minimum absolute atomic E-state index is 0.295. The second kappa shape index (κ2) is 6.75. The fraction of sp³-hybridized carbons (Fsp3) is 0.167. The van der Waals surface area contributed by atoms with Crippen LogP contribution >= 0.6 is 23.2 Å². The van der Waals surface area contributed by atoms with Gasteiger partial charge in [-0.15, -0.1) is 0 Å². The van der Waals surface area contributed by atoms with Crippen molar-refractivity contribution in [1.82, 2.24) is 5.32 Å². The molecule has 1 N–H and O–H groups in total. The summed E-state index contributed by atoms with van der Waals surface area (Å²) in [6.45, 7) is 1.84. The van der Waals surface area contributed by atoms with Gasteiger partial charge in [-0.1, -0.05) is 35.3 Å². The summed E-state index contributed by atoms with van der Waals surface area (Å²) < 4.78 is 11.1. The molecular weight excluding hydrogens is 349 g/mol. The number of ether oxygens (including phenoxy) is 1. The first-order valence-corrected chi connectivity index (χ1v) is 8.07. The lowest BCUT2D eigenvalue weighted by atomic mass is 10.1. The van der Waals surface area contributed by atoms with Gasteiger partial charge in [-0.2, -0.15) is 0 Å². The van der Waals surface area contributed by atoms with Crippen LogP contribution in [0.15, 0.2) is 46.9 Å². The Morgan fingerprint density at radius 3 is 2.71 bits per heavy atom. The van der Waals surface area contributed by atoms with Crippen LogP contribution in [0.3, 0.4) is 0 Å². The molecular formula is C18H15Cl2NO3. The molecule has 0 fully saturated rings. The van der Waals surface area contributed by atoms with Gasteiger partial charge in [0.15, 0.2) is 11.3 Å². The van der Waals surface area contributed by atoms with Gasteiger partial charge in [0.2, 0.25) is 0 Å². The third-order valence-electron chi connectivity index (χ3n) is 3.70. The topological polar surface area (TPSA) is 51.5 Å². The first-order chi connectivity index (χ1) is 11.5. The fourth-order valence-electron chi connectivity index (χ4n) is 2.45. The van der Waals surface area contributed by atoms with E-state index in [2.05, 4.69) is 5.32 Å². The Hall–Kier alpha value is -2.17. The van der Waals surface area contributed by atoms with Gasteiger partial charge in [0.05, 0.1) is 23.7 Å². The van der Waals surface area contributed by atoms with Crippen LogP contribution in [0.5, 0.6) is 5.75 Å². The van der Waals surface area contributed by atoms with Gasteiger partial charge in [-0.05, 0) is 37.3 Å². The molecule has 3 aromatic rings. The minimum atomic E-state index is -0.332. The monoisotopic (exact) mass is 363 g/mol. The molecule has 1 unspecified atom stereocenters. The number of hydrogen-bond acceptors (Lipinski definition) is 3. The number of rotatable bonds is 4. The van der Waals surface area contributed by atoms with Crippen molar-refractivity contribution in [2.45, 2.75) is 13.0 Å². The molecule has 0 radical (unpaired) electrons. The highest BCUT2D eigenvalue weighted by Gasteiger charge is 2.18. The van der Waals surface area contributed by atoms with Gasteiger partial charge in [0.1, 0.15) is 5.76 Å². The number of furan rings is 1. The summed E-state index contributed by atoms with van der Waals surface area (Å²) in [7, 11) is 1.59. The Morgan fingerprint density at radius 2 is 2.00 bits per heavy atom. The Balaban J connectivity index is 1.84. The summed E-state index contributed by atoms with van der Waals surface area (Å²) in [6.07, 6.45) is 0. The molecule has 0 saturated heterocycles. The van der Waals surface area contributed by atoms with Crippen LogP contribution in [0.4, 0.5) is 0 Å². The molecule has 1 atom stereocenters. The fourth-order valence-corrected chi connectivity index (χ4v) is 2.94. The van der Waals surface area contributed by atoms with E-state index in [1.165, 1.54) is 6.07 Å². The van der Waals surface area contributed by atoms with Crippen molar-refractivity contribution in [1.29, 1.82) is 0 Å². The highest BCUT2D eigenvalue weighted by Crippen LogP contribution is 2.31. The van der Waals surface area contributed by atoms with E-state index in [-0.39, 0.29) is 11.9 Å². The number of hydrogen-bond donors (Lipinski definition) is 1. The van der Waals surface area contributed by atoms with Gasteiger partial charge in [0.25, 0.3) is 5.91 Å². The lowest BCUT2D eigenvalue weighted by molar-refractivity contribution is 0.0936. The standard InChI is InChI=1S/C18H15Cl2NO3/c1-10(21-18(22)13-7-6-12(19)9-14(13)20)16-8-11-4-3-5-15(23-2)17(11)24-16/h3-10H,1-2H3,(H,21,22). The Morgan fingerprint density at radius 1 is 1.21 bits per heavy atom. The first kappa shape index (κ1) is 16.7. The summed E-state index contributed by atoms with van der Waals surface area (Å²) in [4.78, 5) is 12.4. The Labute approximate surface area is 149 Å². The lowest BCUT2D eigenvalue weighted by Crippen LogP contribution is -2.26. The maximum atomic E-state index is 12.4. The van der Waals surface area contributed by atoms with Crippen LogP contribution in [-0.4, -0.2) is 13.0 Å². The summed E-state index contributed by atoms with van der Waals surface area (Å²) >= 11 is 11.9. The molecule has 1 amide bonds. The van der Waals surface area contributed by atoms with Crippen molar-refractivity contribution < 1.29 is 13.9 Å². The molecule has 1 heterocycles. The van der Waals surface area contributed by atoms with E-state index in [0.717, 1.165) is 5.39 Å². The van der Waals surface area contributed by atoms with Crippen LogP contribution in [0, 0.1) is 0 Å². The first-order valence-electron chi connectivity index (χ1n) is 7.32. The zero-order chi connectivity index (χ0) is 17.3. The van der Waals surface area contributed by atoms with E-state index in [9.17, 15) is 4.79 Å². The minimum Gasteiger partial charge on any atom is -0.493 e. The van der Waals surface area contributed by atoms with Crippen molar-refractivity contribution in [3.05, 3.63) is 63.8 Å². The summed E-state index contributed by atoms with van der Waals surface area (Å²) in [6, 6.07) is 11.9.